The lowest BCUT2D eigenvalue weighted by molar-refractivity contribution is -0.135. The summed E-state index contributed by atoms with van der Waals surface area (Å²) >= 11 is 0. The third-order valence-electron chi connectivity index (χ3n) is 7.77. The molecule has 1 saturated heterocycles. The number of phenols is 2. The number of hydrogen-bond acceptors (Lipinski definition) is 11. The van der Waals surface area contributed by atoms with Crippen LogP contribution in [-0.2, 0) is 11.3 Å². The van der Waals surface area contributed by atoms with Gasteiger partial charge < -0.3 is 43.5 Å². The third-order valence-corrected chi connectivity index (χ3v) is 7.77. The van der Waals surface area contributed by atoms with Crippen molar-refractivity contribution in [2.75, 3.05) is 61.2 Å². The van der Waals surface area contributed by atoms with Crippen molar-refractivity contribution in [1.29, 1.82) is 0 Å². The Kier molecular flexibility index (Phi) is 9.19. The van der Waals surface area contributed by atoms with Gasteiger partial charge in [-0.2, -0.15) is 0 Å². The average molecular weight is 609 g/mol. The van der Waals surface area contributed by atoms with E-state index >= 15 is 0 Å². The van der Waals surface area contributed by atoms with E-state index in [0.29, 0.717) is 61.3 Å². The number of amides is 1. The van der Waals surface area contributed by atoms with E-state index < -0.39 is 6.10 Å². The number of ether oxygens (including phenoxy) is 6. The van der Waals surface area contributed by atoms with Crippen LogP contribution in [0.25, 0.3) is 0 Å². The molecule has 2 aliphatic heterocycles. The van der Waals surface area contributed by atoms with Gasteiger partial charge in [0.05, 0.1) is 34.9 Å². The second kappa shape index (κ2) is 13.2. The first-order chi connectivity index (χ1) is 21.2. The molecule has 0 aromatic heterocycles. The molecule has 1 unspecified atom stereocenters. The molecule has 234 valence electrons. The second-order valence-corrected chi connectivity index (χ2v) is 10.5. The normalized spacial score (nSPS) is 16.5. The summed E-state index contributed by atoms with van der Waals surface area (Å²) in [5, 5.41) is 20.7. The van der Waals surface area contributed by atoms with Gasteiger partial charge in [-0.15, -0.1) is 0 Å². The van der Waals surface area contributed by atoms with Crippen LogP contribution in [0.1, 0.15) is 34.0 Å². The van der Waals surface area contributed by atoms with Crippen LogP contribution in [-0.4, -0.2) is 92.9 Å². The number of rotatable bonds is 10. The van der Waals surface area contributed by atoms with E-state index in [1.54, 1.807) is 38.4 Å². The number of methoxy groups -OCH3 is 4. The van der Waals surface area contributed by atoms with Crippen LogP contribution < -0.4 is 28.4 Å². The Morgan fingerprint density at radius 2 is 1.55 bits per heavy atom. The zero-order valence-electron chi connectivity index (χ0n) is 25.1. The molecule has 12 nitrogen and oxygen atoms in total. The molecule has 1 amide bonds. The van der Waals surface area contributed by atoms with Crippen LogP contribution in [0.2, 0.25) is 0 Å². The summed E-state index contributed by atoms with van der Waals surface area (Å²) in [7, 11) is 6.17. The van der Waals surface area contributed by atoms with Gasteiger partial charge in [0.25, 0.3) is 5.91 Å². The standard InChI is InChI=1S/C32H36N2O10/c1-39-25-6-5-20(13-22(25)35)26-16-24(37)31-23(36)14-21(15-27(31)44-26)43-18-30(38)34-9-7-33(8-10-34)17-19-11-28(40-2)32(42-4)29(12-19)41-3/h5-6,11-15,26,35-36H,7-10,16-18H2,1-4H3. The van der Waals surface area contributed by atoms with E-state index in [1.165, 1.54) is 25.3 Å². The molecule has 0 radical (unpaired) electrons. The zero-order valence-corrected chi connectivity index (χ0v) is 25.1. The predicted molar refractivity (Wildman–Crippen MR) is 159 cm³/mol. The van der Waals surface area contributed by atoms with Crippen LogP contribution >= 0.6 is 0 Å². The number of fused-ring (bicyclic) bond motifs is 1. The molecule has 2 aliphatic rings. The van der Waals surface area contributed by atoms with Crippen LogP contribution in [0.15, 0.2) is 42.5 Å². The summed E-state index contributed by atoms with van der Waals surface area (Å²) in [5.74, 6) is 1.49. The summed E-state index contributed by atoms with van der Waals surface area (Å²) in [6.07, 6.45) is -0.698. The highest BCUT2D eigenvalue weighted by Crippen LogP contribution is 2.43. The highest BCUT2D eigenvalue weighted by atomic mass is 16.5. The zero-order chi connectivity index (χ0) is 31.4. The fourth-order valence-corrected chi connectivity index (χ4v) is 5.47. The van der Waals surface area contributed by atoms with Gasteiger partial charge in [0.2, 0.25) is 5.75 Å². The molecule has 12 heteroatoms. The molecule has 2 heterocycles. The second-order valence-electron chi connectivity index (χ2n) is 10.5. The van der Waals surface area contributed by atoms with Gasteiger partial charge >= 0.3 is 0 Å². The molecular formula is C32H36N2O10. The molecule has 5 rings (SSSR count). The maximum Gasteiger partial charge on any atom is 0.260 e. The van der Waals surface area contributed by atoms with Crippen molar-refractivity contribution in [3.8, 4) is 46.0 Å². The lowest BCUT2D eigenvalue weighted by Crippen LogP contribution is -2.49. The fraction of sp³-hybridized carbons (Fsp3) is 0.375. The van der Waals surface area contributed by atoms with Crippen molar-refractivity contribution in [3.63, 3.8) is 0 Å². The van der Waals surface area contributed by atoms with Crippen molar-refractivity contribution in [2.45, 2.75) is 19.1 Å². The lowest BCUT2D eigenvalue weighted by Gasteiger charge is -2.34. The maximum atomic E-state index is 13.0. The Labute approximate surface area is 255 Å². The molecule has 1 fully saturated rings. The Morgan fingerprint density at radius 1 is 0.864 bits per heavy atom. The quantitative estimate of drug-likeness (QED) is 0.350. The van der Waals surface area contributed by atoms with E-state index in [9.17, 15) is 19.8 Å². The van der Waals surface area contributed by atoms with E-state index in [-0.39, 0.29) is 53.3 Å². The molecule has 0 saturated carbocycles. The summed E-state index contributed by atoms with van der Waals surface area (Å²) in [5.41, 5.74) is 1.63. The fourth-order valence-electron chi connectivity index (χ4n) is 5.47. The number of phenolic OH excluding ortho intramolecular Hbond substituents is 2. The van der Waals surface area contributed by atoms with Gasteiger partial charge in [-0.3, -0.25) is 14.5 Å². The Morgan fingerprint density at radius 3 is 2.16 bits per heavy atom. The summed E-state index contributed by atoms with van der Waals surface area (Å²) < 4.78 is 33.2. The molecule has 44 heavy (non-hydrogen) atoms. The lowest BCUT2D eigenvalue weighted by atomic mass is 9.95. The summed E-state index contributed by atoms with van der Waals surface area (Å²) in [6, 6.07) is 11.4. The molecule has 0 aliphatic carbocycles. The predicted octanol–water partition coefficient (Wildman–Crippen LogP) is 3.56. The smallest absolute Gasteiger partial charge is 0.260 e. The highest BCUT2D eigenvalue weighted by Gasteiger charge is 2.32. The van der Waals surface area contributed by atoms with Gasteiger partial charge in [-0.05, 0) is 35.4 Å². The van der Waals surface area contributed by atoms with Gasteiger partial charge in [-0.1, -0.05) is 6.07 Å². The van der Waals surface area contributed by atoms with Crippen LogP contribution in [0.5, 0.6) is 46.0 Å². The van der Waals surface area contributed by atoms with Crippen molar-refractivity contribution >= 4 is 11.7 Å². The number of hydrogen-bond donors (Lipinski definition) is 2. The number of Topliss-reactive ketones (excluding diaryl/α,β-unsaturated/α-hetero) is 1. The average Bonchev–Trinajstić information content (AvgIpc) is 3.03. The maximum absolute atomic E-state index is 13.0. The number of aromatic hydroxyl groups is 2. The van der Waals surface area contributed by atoms with E-state index in [2.05, 4.69) is 4.90 Å². The van der Waals surface area contributed by atoms with Gasteiger partial charge in [-0.25, -0.2) is 0 Å². The number of benzene rings is 3. The van der Waals surface area contributed by atoms with Crippen LogP contribution in [0.3, 0.4) is 0 Å². The summed E-state index contributed by atoms with van der Waals surface area (Å²) in [4.78, 5) is 29.8. The van der Waals surface area contributed by atoms with Gasteiger partial charge in [0, 0.05) is 44.9 Å². The van der Waals surface area contributed by atoms with E-state index in [1.807, 2.05) is 12.1 Å². The first-order valence-corrected chi connectivity index (χ1v) is 14.1. The van der Waals surface area contributed by atoms with Crippen LogP contribution in [0.4, 0.5) is 0 Å². The molecular weight excluding hydrogens is 572 g/mol. The number of nitrogens with zero attached hydrogens (tertiary/aromatic N) is 2. The Balaban J connectivity index is 1.18. The first-order valence-electron chi connectivity index (χ1n) is 14.1. The van der Waals surface area contributed by atoms with E-state index in [4.69, 9.17) is 28.4 Å². The number of ketones is 1. The topological polar surface area (TPSA) is 136 Å². The molecule has 0 bridgehead atoms. The van der Waals surface area contributed by atoms with Gasteiger partial charge in [0.15, 0.2) is 35.4 Å². The van der Waals surface area contributed by atoms with Crippen molar-refractivity contribution in [3.05, 3.63) is 59.2 Å². The number of piperazine rings is 1. The summed E-state index contributed by atoms with van der Waals surface area (Å²) in [6.45, 7) is 2.79. The molecule has 2 N–H and O–H groups in total. The first kappa shape index (κ1) is 30.6. The van der Waals surface area contributed by atoms with Crippen molar-refractivity contribution < 1.29 is 48.2 Å². The van der Waals surface area contributed by atoms with Gasteiger partial charge in [0.1, 0.15) is 28.9 Å². The monoisotopic (exact) mass is 608 g/mol. The van der Waals surface area contributed by atoms with Crippen molar-refractivity contribution in [1.82, 2.24) is 9.80 Å². The molecule has 1 atom stereocenters. The Hall–Kier alpha value is -4.84. The minimum atomic E-state index is -0.681. The molecule has 3 aromatic carbocycles. The number of carbonyl (C=O) groups is 2. The number of carbonyl (C=O) groups excluding carboxylic acids is 2. The van der Waals surface area contributed by atoms with E-state index in [0.717, 1.165) is 5.56 Å². The molecule has 0 spiro atoms. The SMILES string of the molecule is COc1ccc(C2CC(=O)c3c(O)cc(OCC(=O)N4CCN(Cc5cc(OC)c(OC)c(OC)c5)CC4)cc3O2)cc1O. The molecule has 3 aromatic rings. The Bertz CT molecular complexity index is 1510. The highest BCUT2D eigenvalue weighted by molar-refractivity contribution is 6.02. The van der Waals surface area contributed by atoms with Crippen LogP contribution in [0, 0.1) is 0 Å². The minimum absolute atomic E-state index is 0.0173. The minimum Gasteiger partial charge on any atom is -0.507 e. The largest absolute Gasteiger partial charge is 0.507 e. The van der Waals surface area contributed by atoms with Crippen molar-refractivity contribution in [2.24, 2.45) is 0 Å². The third kappa shape index (κ3) is 6.40.